The van der Waals surface area contributed by atoms with Gasteiger partial charge in [-0.3, -0.25) is 0 Å². The van der Waals surface area contributed by atoms with Crippen LogP contribution in [0, 0.1) is 0 Å². The molecule has 0 aliphatic rings. The van der Waals surface area contributed by atoms with E-state index in [9.17, 15) is 4.79 Å². The molecule has 0 aliphatic carbocycles. The van der Waals surface area contributed by atoms with Crippen LogP contribution in [0.3, 0.4) is 0 Å². The van der Waals surface area contributed by atoms with Crippen molar-refractivity contribution in [2.75, 3.05) is 13.2 Å². The standard InChI is InChI=1S/C28H38O5/c1-7-8-9-10-17-30-27-26(31-18-16-22(6)13-11-12-20(2)3)24-15-14-23(32-21(4)5)19-25(24)33-28(27)29/h8-9,12,14-16,19,21H,7,10-11,13,17-18H2,1-6H3/b9-8+,22-16+. The van der Waals surface area contributed by atoms with Gasteiger partial charge in [0, 0.05) is 6.07 Å². The molecule has 0 amide bonds. The van der Waals surface area contributed by atoms with Crippen molar-refractivity contribution in [2.45, 2.75) is 73.3 Å². The Kier molecular flexibility index (Phi) is 10.8. The number of benzene rings is 1. The molecule has 0 aliphatic heterocycles. The number of ether oxygens (including phenoxy) is 3. The number of hydrogen-bond acceptors (Lipinski definition) is 5. The number of hydrogen-bond donors (Lipinski definition) is 0. The number of allylic oxidation sites excluding steroid dienone is 4. The summed E-state index contributed by atoms with van der Waals surface area (Å²) in [5.41, 5.74) is 2.41. The molecule has 0 bridgehead atoms. The van der Waals surface area contributed by atoms with E-state index in [0.717, 1.165) is 19.3 Å². The van der Waals surface area contributed by atoms with Gasteiger partial charge < -0.3 is 18.6 Å². The lowest BCUT2D eigenvalue weighted by Gasteiger charge is -2.14. The van der Waals surface area contributed by atoms with Gasteiger partial charge in [-0.1, -0.05) is 36.3 Å². The summed E-state index contributed by atoms with van der Waals surface area (Å²) in [5.74, 6) is 1.16. The van der Waals surface area contributed by atoms with Gasteiger partial charge >= 0.3 is 5.63 Å². The zero-order valence-corrected chi connectivity index (χ0v) is 20.9. The molecule has 5 nitrogen and oxygen atoms in total. The maximum Gasteiger partial charge on any atom is 0.383 e. The molecule has 0 unspecified atom stereocenters. The summed E-state index contributed by atoms with van der Waals surface area (Å²) in [7, 11) is 0. The lowest BCUT2D eigenvalue weighted by molar-refractivity contribution is 0.242. The highest BCUT2D eigenvalue weighted by atomic mass is 16.5. The summed E-state index contributed by atoms with van der Waals surface area (Å²) in [4.78, 5) is 12.8. The summed E-state index contributed by atoms with van der Waals surface area (Å²) in [6, 6.07) is 5.42. The molecule has 180 valence electrons. The van der Waals surface area contributed by atoms with Crippen LogP contribution in [0.5, 0.6) is 17.2 Å². The fourth-order valence-electron chi connectivity index (χ4n) is 3.22. The van der Waals surface area contributed by atoms with Crippen LogP contribution >= 0.6 is 0 Å². The Balaban J connectivity index is 2.30. The molecule has 2 rings (SSSR count). The van der Waals surface area contributed by atoms with Crippen LogP contribution < -0.4 is 19.8 Å². The van der Waals surface area contributed by atoms with Gasteiger partial charge in [0.05, 0.1) is 18.1 Å². The van der Waals surface area contributed by atoms with E-state index < -0.39 is 5.63 Å². The van der Waals surface area contributed by atoms with E-state index in [0.29, 0.717) is 42.1 Å². The number of rotatable bonds is 13. The molecular formula is C28H38O5. The van der Waals surface area contributed by atoms with Gasteiger partial charge in [-0.25, -0.2) is 4.79 Å². The van der Waals surface area contributed by atoms with E-state index in [1.165, 1.54) is 11.1 Å². The molecule has 1 aromatic heterocycles. The molecule has 1 aromatic carbocycles. The molecule has 0 fully saturated rings. The van der Waals surface area contributed by atoms with Crippen LogP contribution in [0.1, 0.15) is 67.2 Å². The van der Waals surface area contributed by atoms with Crippen LogP contribution in [-0.4, -0.2) is 19.3 Å². The maximum atomic E-state index is 12.8. The molecule has 0 spiro atoms. The first-order valence-corrected chi connectivity index (χ1v) is 11.8. The Hall–Kier alpha value is -2.95. The highest BCUT2D eigenvalue weighted by Crippen LogP contribution is 2.35. The number of fused-ring (bicyclic) bond motifs is 1. The fourth-order valence-corrected chi connectivity index (χ4v) is 3.22. The third-order valence-electron chi connectivity index (χ3n) is 4.85. The zero-order valence-electron chi connectivity index (χ0n) is 20.9. The van der Waals surface area contributed by atoms with Crippen molar-refractivity contribution in [3.05, 3.63) is 64.1 Å². The van der Waals surface area contributed by atoms with Crippen molar-refractivity contribution >= 4 is 11.0 Å². The molecule has 0 saturated heterocycles. The molecule has 0 atom stereocenters. The van der Waals surface area contributed by atoms with Gasteiger partial charge in [-0.05, 0) is 78.5 Å². The highest BCUT2D eigenvalue weighted by molar-refractivity contribution is 5.86. The smallest absolute Gasteiger partial charge is 0.383 e. The maximum absolute atomic E-state index is 12.8. The Morgan fingerprint density at radius 2 is 1.82 bits per heavy atom. The Morgan fingerprint density at radius 1 is 1.03 bits per heavy atom. The van der Waals surface area contributed by atoms with Crippen LogP contribution in [0.15, 0.2) is 62.9 Å². The molecular weight excluding hydrogens is 416 g/mol. The van der Waals surface area contributed by atoms with Crippen molar-refractivity contribution < 1.29 is 18.6 Å². The summed E-state index contributed by atoms with van der Waals surface area (Å²) < 4.78 is 23.2. The molecule has 0 saturated carbocycles. The normalized spacial score (nSPS) is 11.9. The predicted octanol–water partition coefficient (Wildman–Crippen LogP) is 7.39. The summed E-state index contributed by atoms with van der Waals surface area (Å²) in [5, 5.41) is 0.681. The van der Waals surface area contributed by atoms with E-state index in [1.807, 2.05) is 38.1 Å². The molecule has 2 aromatic rings. The summed E-state index contributed by atoms with van der Waals surface area (Å²) in [6.07, 6.45) is 12.0. The van der Waals surface area contributed by atoms with Crippen LogP contribution in [-0.2, 0) is 0 Å². The first-order valence-electron chi connectivity index (χ1n) is 11.8. The quantitative estimate of drug-likeness (QED) is 0.179. The Bertz CT molecular complexity index is 1040. The second-order valence-corrected chi connectivity index (χ2v) is 8.57. The molecule has 5 heteroatoms. The van der Waals surface area contributed by atoms with Crippen molar-refractivity contribution in [1.82, 2.24) is 0 Å². The second-order valence-electron chi connectivity index (χ2n) is 8.57. The van der Waals surface area contributed by atoms with Gasteiger partial charge in [0.25, 0.3) is 0 Å². The molecule has 0 N–H and O–H groups in total. The molecule has 1 heterocycles. The minimum atomic E-state index is -0.553. The zero-order chi connectivity index (χ0) is 24.2. The van der Waals surface area contributed by atoms with Crippen LogP contribution in [0.2, 0.25) is 0 Å². The van der Waals surface area contributed by atoms with E-state index in [1.54, 1.807) is 6.07 Å². The first-order chi connectivity index (χ1) is 15.8. The van der Waals surface area contributed by atoms with Crippen molar-refractivity contribution in [1.29, 1.82) is 0 Å². The highest BCUT2D eigenvalue weighted by Gasteiger charge is 2.18. The molecule has 0 radical (unpaired) electrons. The van der Waals surface area contributed by atoms with Crippen molar-refractivity contribution in [3.63, 3.8) is 0 Å². The van der Waals surface area contributed by atoms with Gasteiger partial charge in [-0.2, -0.15) is 0 Å². The van der Waals surface area contributed by atoms with Gasteiger partial charge in [0.15, 0.2) is 5.75 Å². The van der Waals surface area contributed by atoms with Crippen molar-refractivity contribution in [2.24, 2.45) is 0 Å². The van der Waals surface area contributed by atoms with Crippen LogP contribution in [0.25, 0.3) is 11.0 Å². The summed E-state index contributed by atoms with van der Waals surface area (Å²) in [6.45, 7) is 13.0. The lowest BCUT2D eigenvalue weighted by Crippen LogP contribution is -2.11. The predicted molar refractivity (Wildman–Crippen MR) is 136 cm³/mol. The van der Waals surface area contributed by atoms with Crippen molar-refractivity contribution in [3.8, 4) is 17.2 Å². The third-order valence-corrected chi connectivity index (χ3v) is 4.85. The minimum Gasteiger partial charge on any atom is -0.491 e. The van der Waals surface area contributed by atoms with E-state index >= 15 is 0 Å². The van der Waals surface area contributed by atoms with Gasteiger partial charge in [-0.15, -0.1) is 0 Å². The second kappa shape index (κ2) is 13.6. The lowest BCUT2D eigenvalue weighted by atomic mass is 10.1. The van der Waals surface area contributed by atoms with Gasteiger partial charge in [0.1, 0.15) is 17.9 Å². The summed E-state index contributed by atoms with van der Waals surface area (Å²) >= 11 is 0. The van der Waals surface area contributed by atoms with Crippen LogP contribution in [0.4, 0.5) is 0 Å². The Morgan fingerprint density at radius 3 is 2.52 bits per heavy atom. The minimum absolute atomic E-state index is 0.0168. The van der Waals surface area contributed by atoms with E-state index in [-0.39, 0.29) is 11.9 Å². The van der Waals surface area contributed by atoms with E-state index in [4.69, 9.17) is 18.6 Å². The third kappa shape index (κ3) is 8.83. The SMILES string of the molecule is CC/C=C/CCOc1c(OC/C=C(\C)CCC=C(C)C)c2ccc(OC(C)C)cc2oc1=O. The van der Waals surface area contributed by atoms with Gasteiger partial charge in [0.2, 0.25) is 5.75 Å². The average molecular weight is 455 g/mol. The average Bonchev–Trinajstić information content (AvgIpc) is 2.74. The first kappa shape index (κ1) is 26.3. The topological polar surface area (TPSA) is 57.9 Å². The van der Waals surface area contributed by atoms with E-state index in [2.05, 4.69) is 39.8 Å². The monoisotopic (exact) mass is 454 g/mol. The molecule has 33 heavy (non-hydrogen) atoms. The Labute approximate surface area is 197 Å². The largest absolute Gasteiger partial charge is 0.491 e. The fraction of sp³-hybridized carbons (Fsp3) is 0.464.